The van der Waals surface area contributed by atoms with E-state index in [1.165, 1.54) is 11.8 Å². The van der Waals surface area contributed by atoms with Crippen molar-refractivity contribution in [1.29, 1.82) is 0 Å². The molecule has 0 bridgehead atoms. The number of fused-ring (bicyclic) bond motifs is 1. The molecule has 9 heteroatoms. The van der Waals surface area contributed by atoms with Crippen LogP contribution in [0.2, 0.25) is 5.02 Å². The zero-order valence-electron chi connectivity index (χ0n) is 16.4. The van der Waals surface area contributed by atoms with Crippen LogP contribution in [0.5, 0.6) is 5.75 Å². The molecule has 2 aromatic carbocycles. The minimum Gasteiger partial charge on any atom is -0.494 e. The van der Waals surface area contributed by atoms with Gasteiger partial charge >= 0.3 is 0 Å². The van der Waals surface area contributed by atoms with E-state index in [0.29, 0.717) is 34.1 Å². The van der Waals surface area contributed by atoms with Gasteiger partial charge in [-0.25, -0.2) is 0 Å². The number of thioether (sulfide) groups is 1. The Kier molecular flexibility index (Phi) is 5.96. The van der Waals surface area contributed by atoms with Crippen LogP contribution >= 0.6 is 23.4 Å². The third-order valence-electron chi connectivity index (χ3n) is 4.32. The van der Waals surface area contributed by atoms with Gasteiger partial charge in [0.15, 0.2) is 16.7 Å². The molecule has 1 amide bonds. The second kappa shape index (κ2) is 8.81. The number of hydrogen-bond donors (Lipinski definition) is 1. The second-order valence-electron chi connectivity index (χ2n) is 6.45. The molecule has 1 N–H and O–H groups in total. The molecule has 0 aliphatic rings. The highest BCUT2D eigenvalue weighted by atomic mass is 35.5. The van der Waals surface area contributed by atoms with E-state index < -0.39 is 0 Å². The number of hydrogen-bond acceptors (Lipinski definition) is 6. The van der Waals surface area contributed by atoms with E-state index in [4.69, 9.17) is 20.8 Å². The molecule has 0 aliphatic heterocycles. The lowest BCUT2D eigenvalue weighted by atomic mass is 10.2. The van der Waals surface area contributed by atoms with Crippen LogP contribution in [0.4, 0.5) is 5.69 Å². The zero-order chi connectivity index (χ0) is 21.1. The van der Waals surface area contributed by atoms with Gasteiger partial charge in [0.05, 0.1) is 12.4 Å². The van der Waals surface area contributed by atoms with Crippen LogP contribution < -0.4 is 10.1 Å². The highest BCUT2D eigenvalue weighted by molar-refractivity contribution is 7.99. The Morgan fingerprint density at radius 3 is 2.77 bits per heavy atom. The number of aromatic nitrogens is 3. The van der Waals surface area contributed by atoms with Gasteiger partial charge in [-0.1, -0.05) is 23.4 Å². The van der Waals surface area contributed by atoms with Crippen molar-refractivity contribution in [3.8, 4) is 17.3 Å². The number of benzene rings is 2. The summed E-state index contributed by atoms with van der Waals surface area (Å²) in [5.41, 5.74) is 1.44. The number of nitrogens with one attached hydrogen (secondary N) is 1. The number of furan rings is 1. The summed E-state index contributed by atoms with van der Waals surface area (Å²) >= 11 is 7.34. The van der Waals surface area contributed by atoms with E-state index in [-0.39, 0.29) is 11.7 Å². The maximum Gasteiger partial charge on any atom is 0.234 e. The number of ether oxygens (including phenoxy) is 1. The van der Waals surface area contributed by atoms with Crippen LogP contribution in [0, 0.1) is 0 Å². The van der Waals surface area contributed by atoms with Gasteiger partial charge in [0.1, 0.15) is 11.3 Å². The maximum absolute atomic E-state index is 12.3. The third kappa shape index (κ3) is 4.44. The zero-order valence-corrected chi connectivity index (χ0v) is 18.0. The SMILES string of the molecule is CCOc1ccc(NC(=O)CSc2nnc(-c3cc4cc(Cl)ccc4o3)n2C)cc1. The number of rotatable bonds is 7. The van der Waals surface area contributed by atoms with Gasteiger partial charge in [0.25, 0.3) is 0 Å². The topological polar surface area (TPSA) is 82.2 Å². The van der Waals surface area contributed by atoms with Gasteiger partial charge in [0, 0.05) is 23.1 Å². The summed E-state index contributed by atoms with van der Waals surface area (Å²) in [5.74, 6) is 2.01. The Morgan fingerprint density at radius 2 is 2.00 bits per heavy atom. The molecular formula is C21H19ClN4O3S. The van der Waals surface area contributed by atoms with Gasteiger partial charge in [-0.3, -0.25) is 4.79 Å². The van der Waals surface area contributed by atoms with Gasteiger partial charge in [-0.15, -0.1) is 10.2 Å². The lowest BCUT2D eigenvalue weighted by molar-refractivity contribution is -0.113. The molecule has 0 spiro atoms. The average molecular weight is 443 g/mol. The van der Waals surface area contributed by atoms with Crippen molar-refractivity contribution in [3.05, 3.63) is 53.6 Å². The van der Waals surface area contributed by atoms with E-state index in [2.05, 4.69) is 15.5 Å². The summed E-state index contributed by atoms with van der Waals surface area (Å²) in [6, 6.07) is 14.6. The first-order valence-corrected chi connectivity index (χ1v) is 10.6. The Morgan fingerprint density at radius 1 is 1.20 bits per heavy atom. The molecule has 0 atom stereocenters. The van der Waals surface area contributed by atoms with E-state index in [1.807, 2.05) is 56.4 Å². The second-order valence-corrected chi connectivity index (χ2v) is 7.83. The Labute approximate surface area is 182 Å². The smallest absolute Gasteiger partial charge is 0.234 e. The fraction of sp³-hybridized carbons (Fsp3) is 0.190. The first kappa shape index (κ1) is 20.3. The van der Waals surface area contributed by atoms with Crippen LogP contribution in [0.25, 0.3) is 22.6 Å². The lowest BCUT2D eigenvalue weighted by Gasteiger charge is -2.07. The molecule has 0 aliphatic carbocycles. The predicted molar refractivity (Wildman–Crippen MR) is 118 cm³/mol. The fourth-order valence-corrected chi connectivity index (χ4v) is 3.80. The number of amides is 1. The molecule has 30 heavy (non-hydrogen) atoms. The molecule has 4 aromatic rings. The largest absolute Gasteiger partial charge is 0.494 e. The van der Waals surface area contributed by atoms with Gasteiger partial charge in [-0.2, -0.15) is 0 Å². The summed E-state index contributed by atoms with van der Waals surface area (Å²) in [7, 11) is 1.84. The average Bonchev–Trinajstić information content (AvgIpc) is 3.30. The number of halogens is 1. The van der Waals surface area contributed by atoms with Crippen LogP contribution in [0.15, 0.2) is 58.1 Å². The molecule has 7 nitrogen and oxygen atoms in total. The summed E-state index contributed by atoms with van der Waals surface area (Å²) in [6.45, 7) is 2.53. The van der Waals surface area contributed by atoms with Crippen LogP contribution in [0.1, 0.15) is 6.92 Å². The predicted octanol–water partition coefficient (Wildman–Crippen LogP) is 5.01. The quantitative estimate of drug-likeness (QED) is 0.405. The van der Waals surface area contributed by atoms with Gasteiger partial charge in [-0.05, 0) is 55.5 Å². The number of anilines is 1. The molecule has 0 radical (unpaired) electrons. The molecular weight excluding hydrogens is 424 g/mol. The minimum atomic E-state index is -0.132. The molecule has 0 unspecified atom stereocenters. The number of carbonyl (C=O) groups is 1. The van der Waals surface area contributed by atoms with Crippen LogP contribution in [-0.4, -0.2) is 33.0 Å². The normalized spacial score (nSPS) is 11.0. The van der Waals surface area contributed by atoms with Crippen molar-refractivity contribution in [2.45, 2.75) is 12.1 Å². The van der Waals surface area contributed by atoms with Crippen molar-refractivity contribution >= 4 is 45.9 Å². The third-order valence-corrected chi connectivity index (χ3v) is 5.57. The molecule has 4 rings (SSSR count). The van der Waals surface area contributed by atoms with E-state index in [9.17, 15) is 4.79 Å². The molecule has 0 saturated carbocycles. The molecule has 154 valence electrons. The molecule has 2 heterocycles. The molecule has 0 fully saturated rings. The van der Waals surface area contributed by atoms with Gasteiger partial charge in [0.2, 0.25) is 5.91 Å². The van der Waals surface area contributed by atoms with Crippen LogP contribution in [0.3, 0.4) is 0 Å². The molecule has 2 aromatic heterocycles. The number of carbonyl (C=O) groups excluding carboxylic acids is 1. The minimum absolute atomic E-state index is 0.132. The first-order chi connectivity index (χ1) is 14.5. The monoisotopic (exact) mass is 442 g/mol. The van der Waals surface area contributed by atoms with Crippen molar-refractivity contribution in [2.24, 2.45) is 7.05 Å². The van der Waals surface area contributed by atoms with Crippen molar-refractivity contribution < 1.29 is 13.9 Å². The van der Waals surface area contributed by atoms with Crippen LogP contribution in [-0.2, 0) is 11.8 Å². The lowest BCUT2D eigenvalue weighted by Crippen LogP contribution is -2.14. The van der Waals surface area contributed by atoms with E-state index >= 15 is 0 Å². The van der Waals surface area contributed by atoms with Crippen molar-refractivity contribution in [1.82, 2.24) is 14.8 Å². The first-order valence-electron chi connectivity index (χ1n) is 9.28. The summed E-state index contributed by atoms with van der Waals surface area (Å²) in [4.78, 5) is 12.3. The summed E-state index contributed by atoms with van der Waals surface area (Å²) < 4.78 is 13.1. The summed E-state index contributed by atoms with van der Waals surface area (Å²) in [6.07, 6.45) is 0. The summed E-state index contributed by atoms with van der Waals surface area (Å²) in [5, 5.41) is 13.4. The van der Waals surface area contributed by atoms with Crippen molar-refractivity contribution in [3.63, 3.8) is 0 Å². The standard InChI is InChI=1S/C21H19ClN4O3S/c1-3-28-16-7-5-15(6-8-16)23-19(27)12-30-21-25-24-20(26(21)2)18-11-13-10-14(22)4-9-17(13)29-18/h4-11H,3,12H2,1-2H3,(H,23,27). The Bertz CT molecular complexity index is 1190. The number of nitrogens with zero attached hydrogens (tertiary/aromatic N) is 3. The van der Waals surface area contributed by atoms with E-state index in [0.717, 1.165) is 16.7 Å². The van der Waals surface area contributed by atoms with Crippen molar-refractivity contribution in [2.75, 3.05) is 17.7 Å². The highest BCUT2D eigenvalue weighted by Crippen LogP contribution is 2.30. The molecule has 0 saturated heterocycles. The van der Waals surface area contributed by atoms with E-state index in [1.54, 1.807) is 10.6 Å². The highest BCUT2D eigenvalue weighted by Gasteiger charge is 2.16. The maximum atomic E-state index is 12.3. The Balaban J connectivity index is 1.40. The fourth-order valence-electron chi connectivity index (χ4n) is 2.91. The Hall–Kier alpha value is -2.97. The van der Waals surface area contributed by atoms with Gasteiger partial charge < -0.3 is 19.0 Å².